The van der Waals surface area contributed by atoms with Crippen molar-refractivity contribution >= 4 is 23.1 Å². The average Bonchev–Trinajstić information content (AvgIpc) is 2.87. The average molecular weight is 256 g/mol. The lowest BCUT2D eigenvalue weighted by molar-refractivity contribution is 0.527. The first kappa shape index (κ1) is 12.4. The highest BCUT2D eigenvalue weighted by Gasteiger charge is 2.15. The Bertz CT molecular complexity index is 319. The first-order valence-corrected chi connectivity index (χ1v) is 7.82. The molecule has 0 radical (unpaired) electrons. The first-order chi connectivity index (χ1) is 7.74. The maximum atomic E-state index is 4.48. The monoisotopic (exact) mass is 256 g/mol. The van der Waals surface area contributed by atoms with Gasteiger partial charge in [0.25, 0.3) is 0 Å². The van der Waals surface area contributed by atoms with Gasteiger partial charge in [0.2, 0.25) is 0 Å². The minimum Gasteiger partial charge on any atom is -0.313 e. The Morgan fingerprint density at radius 1 is 1.56 bits per heavy atom. The SMILES string of the molecule is Cc1csc(SC(C)CNC2CCCC2)n1. The van der Waals surface area contributed by atoms with Crippen molar-refractivity contribution in [1.29, 1.82) is 0 Å². The fraction of sp³-hybridized carbons (Fsp3) is 0.750. The second-order valence-corrected chi connectivity index (χ2v) is 7.12. The van der Waals surface area contributed by atoms with E-state index < -0.39 is 0 Å². The molecule has 0 bridgehead atoms. The molecule has 1 N–H and O–H groups in total. The van der Waals surface area contributed by atoms with Crippen LogP contribution in [0.4, 0.5) is 0 Å². The summed E-state index contributed by atoms with van der Waals surface area (Å²) in [5, 5.41) is 6.41. The summed E-state index contributed by atoms with van der Waals surface area (Å²) in [5.74, 6) is 0. The number of rotatable bonds is 5. The molecular weight excluding hydrogens is 236 g/mol. The lowest BCUT2D eigenvalue weighted by Crippen LogP contribution is -2.31. The summed E-state index contributed by atoms with van der Waals surface area (Å²) in [6.07, 6.45) is 5.55. The Morgan fingerprint density at radius 2 is 2.31 bits per heavy atom. The van der Waals surface area contributed by atoms with Crippen LogP contribution >= 0.6 is 23.1 Å². The minimum absolute atomic E-state index is 0.617. The second kappa shape index (κ2) is 6.03. The van der Waals surface area contributed by atoms with Crippen molar-refractivity contribution in [2.24, 2.45) is 0 Å². The smallest absolute Gasteiger partial charge is 0.150 e. The molecule has 1 unspecified atom stereocenters. The molecule has 0 amide bonds. The third-order valence-electron chi connectivity index (χ3n) is 2.95. The Balaban J connectivity index is 1.69. The van der Waals surface area contributed by atoms with Crippen molar-refractivity contribution in [3.05, 3.63) is 11.1 Å². The third-order valence-corrected chi connectivity index (χ3v) is 5.14. The molecule has 1 aromatic heterocycles. The van der Waals surface area contributed by atoms with Crippen LogP contribution in [0.25, 0.3) is 0 Å². The van der Waals surface area contributed by atoms with Crippen molar-refractivity contribution in [1.82, 2.24) is 10.3 Å². The highest BCUT2D eigenvalue weighted by atomic mass is 32.2. The standard InChI is InChI=1S/C12H20N2S2/c1-9-8-15-12(14-9)16-10(2)7-13-11-5-3-4-6-11/h8,10-11,13H,3-7H2,1-2H3. The number of nitrogens with zero attached hydrogens (tertiary/aromatic N) is 1. The van der Waals surface area contributed by atoms with Gasteiger partial charge in [-0.3, -0.25) is 0 Å². The van der Waals surface area contributed by atoms with E-state index in [0.29, 0.717) is 5.25 Å². The molecule has 1 atom stereocenters. The normalized spacial score (nSPS) is 19.1. The molecule has 1 saturated carbocycles. The van der Waals surface area contributed by atoms with Crippen LogP contribution in [-0.2, 0) is 0 Å². The van der Waals surface area contributed by atoms with E-state index in [1.807, 2.05) is 11.8 Å². The number of hydrogen-bond acceptors (Lipinski definition) is 4. The van der Waals surface area contributed by atoms with Crippen LogP contribution in [0.3, 0.4) is 0 Å². The predicted molar refractivity (Wildman–Crippen MR) is 72.4 cm³/mol. The quantitative estimate of drug-likeness (QED) is 0.817. The summed E-state index contributed by atoms with van der Waals surface area (Å²) in [5.41, 5.74) is 1.14. The van der Waals surface area contributed by atoms with Gasteiger partial charge in [-0.2, -0.15) is 0 Å². The molecule has 0 saturated heterocycles. The topological polar surface area (TPSA) is 24.9 Å². The van der Waals surface area contributed by atoms with E-state index in [4.69, 9.17) is 0 Å². The van der Waals surface area contributed by atoms with Crippen molar-refractivity contribution < 1.29 is 0 Å². The molecule has 1 fully saturated rings. The molecule has 16 heavy (non-hydrogen) atoms. The Labute approximate surface area is 106 Å². The molecule has 90 valence electrons. The van der Waals surface area contributed by atoms with Crippen molar-refractivity contribution in [2.75, 3.05) is 6.54 Å². The summed E-state index contributed by atoms with van der Waals surface area (Å²) in [6, 6.07) is 0.779. The molecule has 1 aromatic rings. The molecule has 2 rings (SSSR count). The maximum Gasteiger partial charge on any atom is 0.150 e. The Kier molecular flexibility index (Phi) is 4.67. The number of aryl methyl sites for hydroxylation is 1. The van der Waals surface area contributed by atoms with Crippen LogP contribution in [0, 0.1) is 6.92 Å². The second-order valence-electron chi connectivity index (χ2n) is 4.57. The molecule has 1 heterocycles. The van der Waals surface area contributed by atoms with Gasteiger partial charge in [0.05, 0.1) is 0 Å². The fourth-order valence-corrected chi connectivity index (χ4v) is 4.16. The molecule has 0 aliphatic heterocycles. The minimum atomic E-state index is 0.617. The molecule has 1 aliphatic rings. The molecule has 2 nitrogen and oxygen atoms in total. The molecular formula is C12H20N2S2. The van der Waals surface area contributed by atoms with Crippen LogP contribution < -0.4 is 5.32 Å². The highest BCUT2D eigenvalue weighted by Crippen LogP contribution is 2.26. The summed E-state index contributed by atoms with van der Waals surface area (Å²) in [6.45, 7) is 5.44. The molecule has 0 aromatic carbocycles. The third kappa shape index (κ3) is 3.75. The number of nitrogens with one attached hydrogen (secondary N) is 1. The maximum absolute atomic E-state index is 4.48. The zero-order valence-electron chi connectivity index (χ0n) is 10.0. The van der Waals surface area contributed by atoms with E-state index in [-0.39, 0.29) is 0 Å². The lowest BCUT2D eigenvalue weighted by Gasteiger charge is -2.15. The van der Waals surface area contributed by atoms with Crippen LogP contribution in [0.5, 0.6) is 0 Å². The van der Waals surface area contributed by atoms with E-state index in [9.17, 15) is 0 Å². The van der Waals surface area contributed by atoms with E-state index >= 15 is 0 Å². The zero-order valence-corrected chi connectivity index (χ0v) is 11.7. The van der Waals surface area contributed by atoms with Gasteiger partial charge in [-0.1, -0.05) is 31.5 Å². The molecule has 4 heteroatoms. The van der Waals surface area contributed by atoms with Gasteiger partial charge in [-0.05, 0) is 19.8 Å². The number of hydrogen-bond donors (Lipinski definition) is 1. The Hall–Kier alpha value is -0.0600. The van der Waals surface area contributed by atoms with Gasteiger partial charge < -0.3 is 5.32 Å². The number of thiazole rings is 1. The molecule has 1 aliphatic carbocycles. The van der Waals surface area contributed by atoms with Gasteiger partial charge in [0, 0.05) is 28.9 Å². The number of thioether (sulfide) groups is 1. The fourth-order valence-electron chi connectivity index (χ4n) is 2.06. The largest absolute Gasteiger partial charge is 0.313 e. The van der Waals surface area contributed by atoms with Crippen molar-refractivity contribution in [3.63, 3.8) is 0 Å². The van der Waals surface area contributed by atoms with Crippen molar-refractivity contribution in [3.8, 4) is 0 Å². The highest BCUT2D eigenvalue weighted by molar-refractivity contribution is 8.01. The predicted octanol–water partition coefficient (Wildman–Crippen LogP) is 3.46. The first-order valence-electron chi connectivity index (χ1n) is 6.06. The van der Waals surface area contributed by atoms with Gasteiger partial charge in [0.15, 0.2) is 0 Å². The van der Waals surface area contributed by atoms with Crippen molar-refractivity contribution in [2.45, 2.75) is 55.2 Å². The number of aromatic nitrogens is 1. The van der Waals surface area contributed by atoms with Crippen LogP contribution in [0.15, 0.2) is 9.72 Å². The van der Waals surface area contributed by atoms with E-state index in [1.54, 1.807) is 11.3 Å². The summed E-state index contributed by atoms with van der Waals surface area (Å²) in [4.78, 5) is 4.48. The molecule has 0 spiro atoms. The van der Waals surface area contributed by atoms with Crippen LogP contribution in [0.2, 0.25) is 0 Å². The lowest BCUT2D eigenvalue weighted by atomic mass is 10.2. The summed E-state index contributed by atoms with van der Waals surface area (Å²) >= 11 is 3.65. The summed E-state index contributed by atoms with van der Waals surface area (Å²) in [7, 11) is 0. The van der Waals surface area contributed by atoms with Gasteiger partial charge in [-0.25, -0.2) is 4.98 Å². The van der Waals surface area contributed by atoms with Gasteiger partial charge >= 0.3 is 0 Å². The van der Waals surface area contributed by atoms with Gasteiger partial charge in [0.1, 0.15) is 4.34 Å². The van der Waals surface area contributed by atoms with E-state index in [0.717, 1.165) is 18.3 Å². The van der Waals surface area contributed by atoms with Gasteiger partial charge in [-0.15, -0.1) is 11.3 Å². The van der Waals surface area contributed by atoms with Crippen LogP contribution in [0.1, 0.15) is 38.3 Å². The zero-order chi connectivity index (χ0) is 11.4. The summed E-state index contributed by atoms with van der Waals surface area (Å²) < 4.78 is 1.21. The van der Waals surface area contributed by atoms with Crippen LogP contribution in [-0.4, -0.2) is 22.8 Å². The Morgan fingerprint density at radius 3 is 2.94 bits per heavy atom. The van der Waals surface area contributed by atoms with E-state index in [1.165, 1.54) is 30.0 Å². The van der Waals surface area contributed by atoms with E-state index in [2.05, 4.69) is 29.5 Å².